The van der Waals surface area contributed by atoms with Crippen molar-refractivity contribution in [3.8, 4) is 0 Å². The summed E-state index contributed by atoms with van der Waals surface area (Å²) in [7, 11) is 0. The molecule has 1 N–H and O–H groups in total. The van der Waals surface area contributed by atoms with Gasteiger partial charge in [-0.2, -0.15) is 13.2 Å². The standard InChI is InChI=1S/C17H28F3N3O3.ClH/c1-3-7-23(11-17(18,19)20)15(24)13-5-4-8-22(10-13)16(25)14-12(2)26-9-6-21-14;/h12-14,21H,3-11H2,1-2H3;1H/t12-,13?,14+;/m1./s1. The zero-order chi connectivity index (χ0) is 19.3. The molecule has 0 aromatic rings. The number of ether oxygens (including phenoxy) is 1. The number of carbonyl (C=O) groups excluding carboxylic acids is 2. The van der Waals surface area contributed by atoms with Crippen LogP contribution in [-0.4, -0.2) is 79.3 Å². The van der Waals surface area contributed by atoms with Crippen molar-refractivity contribution >= 4 is 24.2 Å². The third-order valence-corrected chi connectivity index (χ3v) is 4.84. The molecule has 0 saturated carbocycles. The maximum absolute atomic E-state index is 12.8. The van der Waals surface area contributed by atoms with Crippen LogP contribution in [0.3, 0.4) is 0 Å². The van der Waals surface area contributed by atoms with Crippen LogP contribution in [-0.2, 0) is 14.3 Å². The van der Waals surface area contributed by atoms with E-state index in [9.17, 15) is 22.8 Å². The van der Waals surface area contributed by atoms with E-state index in [1.807, 2.05) is 6.92 Å². The number of rotatable bonds is 5. The Morgan fingerprint density at radius 3 is 2.63 bits per heavy atom. The molecule has 1 unspecified atom stereocenters. The van der Waals surface area contributed by atoms with Gasteiger partial charge in [0, 0.05) is 26.2 Å². The molecule has 0 aromatic carbocycles. The SMILES string of the molecule is CCCN(CC(F)(F)F)C(=O)C1CCCN(C(=O)[C@H]2NCCO[C@@H]2C)C1.Cl. The van der Waals surface area contributed by atoms with Crippen molar-refractivity contribution in [3.05, 3.63) is 0 Å². The van der Waals surface area contributed by atoms with Gasteiger partial charge in [-0.25, -0.2) is 0 Å². The maximum Gasteiger partial charge on any atom is 0.406 e. The molecule has 6 nitrogen and oxygen atoms in total. The van der Waals surface area contributed by atoms with Gasteiger partial charge in [-0.3, -0.25) is 9.59 Å². The topological polar surface area (TPSA) is 61.9 Å². The first-order valence-corrected chi connectivity index (χ1v) is 9.22. The van der Waals surface area contributed by atoms with Gasteiger partial charge in [0.25, 0.3) is 0 Å². The Morgan fingerprint density at radius 2 is 2.04 bits per heavy atom. The summed E-state index contributed by atoms with van der Waals surface area (Å²) >= 11 is 0. The number of amides is 2. The van der Waals surface area contributed by atoms with Crippen LogP contribution in [0.2, 0.25) is 0 Å². The summed E-state index contributed by atoms with van der Waals surface area (Å²) in [5.41, 5.74) is 0. The largest absolute Gasteiger partial charge is 0.406 e. The van der Waals surface area contributed by atoms with E-state index < -0.39 is 30.6 Å². The second kappa shape index (κ2) is 10.5. The van der Waals surface area contributed by atoms with Gasteiger partial charge in [0.2, 0.25) is 11.8 Å². The minimum atomic E-state index is -4.42. The number of nitrogens with one attached hydrogen (secondary N) is 1. The molecule has 2 fully saturated rings. The molecular weight excluding hydrogens is 387 g/mol. The van der Waals surface area contributed by atoms with Gasteiger partial charge in [-0.1, -0.05) is 6.92 Å². The Kier molecular flexibility index (Phi) is 9.30. The molecule has 3 atom stereocenters. The van der Waals surface area contributed by atoms with Crippen LogP contribution in [0.5, 0.6) is 0 Å². The zero-order valence-corrected chi connectivity index (χ0v) is 16.6. The van der Waals surface area contributed by atoms with Gasteiger partial charge in [-0.05, 0) is 26.2 Å². The normalized spacial score (nSPS) is 26.3. The van der Waals surface area contributed by atoms with Gasteiger partial charge in [0.15, 0.2) is 0 Å². The van der Waals surface area contributed by atoms with E-state index in [0.717, 1.165) is 4.90 Å². The number of morpholine rings is 1. The molecule has 27 heavy (non-hydrogen) atoms. The van der Waals surface area contributed by atoms with Crippen LogP contribution in [0.1, 0.15) is 33.1 Å². The van der Waals surface area contributed by atoms with E-state index in [2.05, 4.69) is 5.32 Å². The Hall–Kier alpha value is -1.06. The van der Waals surface area contributed by atoms with Crippen molar-refractivity contribution in [2.45, 2.75) is 51.4 Å². The van der Waals surface area contributed by atoms with Crippen LogP contribution < -0.4 is 5.32 Å². The fourth-order valence-electron chi connectivity index (χ4n) is 3.60. The fourth-order valence-corrected chi connectivity index (χ4v) is 3.60. The molecular formula is C17H29ClF3N3O3. The molecule has 158 valence electrons. The quantitative estimate of drug-likeness (QED) is 0.744. The van der Waals surface area contributed by atoms with Crippen molar-refractivity contribution in [1.29, 1.82) is 0 Å². The monoisotopic (exact) mass is 415 g/mol. The number of piperidine rings is 1. The van der Waals surface area contributed by atoms with Gasteiger partial charge in [-0.15, -0.1) is 12.4 Å². The summed E-state index contributed by atoms with van der Waals surface area (Å²) in [5, 5.41) is 3.12. The third kappa shape index (κ3) is 6.80. The zero-order valence-electron chi connectivity index (χ0n) is 15.8. The van der Waals surface area contributed by atoms with E-state index in [4.69, 9.17) is 4.74 Å². The highest BCUT2D eigenvalue weighted by Crippen LogP contribution is 2.23. The number of likely N-dealkylation sites (tertiary alicyclic amines) is 1. The van der Waals surface area contributed by atoms with Crippen LogP contribution in [0, 0.1) is 5.92 Å². The summed E-state index contributed by atoms with van der Waals surface area (Å²) < 4.78 is 43.8. The number of nitrogens with zero attached hydrogens (tertiary/aromatic N) is 2. The highest BCUT2D eigenvalue weighted by Gasteiger charge is 2.39. The Balaban J connectivity index is 0.00000364. The van der Waals surface area contributed by atoms with Crippen molar-refractivity contribution in [3.63, 3.8) is 0 Å². The van der Waals surface area contributed by atoms with Gasteiger partial charge in [0.1, 0.15) is 12.6 Å². The number of carbonyl (C=O) groups is 2. The lowest BCUT2D eigenvalue weighted by molar-refractivity contribution is -0.165. The van der Waals surface area contributed by atoms with Crippen molar-refractivity contribution in [2.24, 2.45) is 5.92 Å². The summed E-state index contributed by atoms with van der Waals surface area (Å²) in [6.07, 6.45) is -3.12. The second-order valence-electron chi connectivity index (χ2n) is 7.01. The molecule has 2 amide bonds. The fraction of sp³-hybridized carbons (Fsp3) is 0.882. The first kappa shape index (κ1) is 24.0. The van der Waals surface area contributed by atoms with Crippen LogP contribution in [0.15, 0.2) is 0 Å². The lowest BCUT2D eigenvalue weighted by atomic mass is 9.95. The van der Waals surface area contributed by atoms with Crippen LogP contribution in [0.4, 0.5) is 13.2 Å². The number of hydrogen-bond acceptors (Lipinski definition) is 4. The lowest BCUT2D eigenvalue weighted by Gasteiger charge is -2.38. The first-order chi connectivity index (χ1) is 12.2. The summed E-state index contributed by atoms with van der Waals surface area (Å²) in [5.74, 6) is -1.24. The molecule has 2 saturated heterocycles. The molecule has 0 bridgehead atoms. The Morgan fingerprint density at radius 1 is 1.33 bits per heavy atom. The van der Waals surface area contributed by atoms with Crippen LogP contribution >= 0.6 is 12.4 Å². The molecule has 2 rings (SSSR count). The van der Waals surface area contributed by atoms with Crippen molar-refractivity contribution in [1.82, 2.24) is 15.1 Å². The Bertz CT molecular complexity index is 508. The number of alkyl halides is 3. The molecule has 0 aliphatic carbocycles. The highest BCUT2D eigenvalue weighted by atomic mass is 35.5. The maximum atomic E-state index is 12.8. The van der Waals surface area contributed by atoms with Gasteiger partial charge in [0.05, 0.1) is 18.6 Å². The molecule has 2 aliphatic heterocycles. The molecule has 2 heterocycles. The van der Waals surface area contributed by atoms with Crippen molar-refractivity contribution < 1.29 is 27.5 Å². The van der Waals surface area contributed by atoms with E-state index in [1.165, 1.54) is 0 Å². The highest BCUT2D eigenvalue weighted by molar-refractivity contribution is 5.85. The van der Waals surface area contributed by atoms with Gasteiger partial charge < -0.3 is 19.9 Å². The minimum Gasteiger partial charge on any atom is -0.375 e. The minimum absolute atomic E-state index is 0. The predicted molar refractivity (Wildman–Crippen MR) is 96.7 cm³/mol. The molecule has 10 heteroatoms. The van der Waals surface area contributed by atoms with Crippen LogP contribution in [0.25, 0.3) is 0 Å². The average molecular weight is 416 g/mol. The smallest absolute Gasteiger partial charge is 0.375 e. The summed E-state index contributed by atoms with van der Waals surface area (Å²) in [6, 6.07) is -0.473. The third-order valence-electron chi connectivity index (χ3n) is 4.84. The van der Waals surface area contributed by atoms with Crippen molar-refractivity contribution in [2.75, 3.05) is 39.3 Å². The lowest BCUT2D eigenvalue weighted by Crippen LogP contribution is -2.58. The average Bonchev–Trinajstić information content (AvgIpc) is 2.59. The Labute approximate surface area is 164 Å². The molecule has 0 radical (unpaired) electrons. The summed E-state index contributed by atoms with van der Waals surface area (Å²) in [6.45, 7) is 4.18. The van der Waals surface area contributed by atoms with E-state index in [1.54, 1.807) is 11.8 Å². The van der Waals surface area contributed by atoms with E-state index in [0.29, 0.717) is 39.0 Å². The molecule has 2 aliphatic rings. The number of halogens is 4. The van der Waals surface area contributed by atoms with E-state index >= 15 is 0 Å². The molecule has 0 spiro atoms. The second-order valence-corrected chi connectivity index (χ2v) is 7.01. The predicted octanol–water partition coefficient (Wildman–Crippen LogP) is 1.82. The number of hydrogen-bond donors (Lipinski definition) is 1. The molecule has 0 aromatic heterocycles. The van der Waals surface area contributed by atoms with E-state index in [-0.39, 0.29) is 37.5 Å². The van der Waals surface area contributed by atoms with Gasteiger partial charge >= 0.3 is 6.18 Å². The first-order valence-electron chi connectivity index (χ1n) is 9.22. The summed E-state index contributed by atoms with van der Waals surface area (Å²) in [4.78, 5) is 27.8.